The molecule has 0 aromatic rings. The van der Waals surface area contributed by atoms with Gasteiger partial charge in [-0.05, 0) is 12.8 Å². The molecule has 0 bridgehead atoms. The molecule has 0 saturated heterocycles. The lowest BCUT2D eigenvalue weighted by Crippen LogP contribution is -2.48. The molecule has 0 aliphatic heterocycles. The summed E-state index contributed by atoms with van der Waals surface area (Å²) in [5.74, 6) is -1.05. The lowest BCUT2D eigenvalue weighted by Gasteiger charge is -2.43. The van der Waals surface area contributed by atoms with Gasteiger partial charge in [0.15, 0.2) is 0 Å². The van der Waals surface area contributed by atoms with Crippen molar-refractivity contribution >= 4 is 11.9 Å². The zero-order chi connectivity index (χ0) is 13.3. The standard InChI is InChI=1S/C9H12F3N3O2/c10-9(11,12)8(2-1-3-8)5(13)4-6(16)15-7(14)17/h4H,1-3,13H2,(H3,14,15,16,17). The first-order chi connectivity index (χ1) is 7.69. The quantitative estimate of drug-likeness (QED) is 0.632. The van der Waals surface area contributed by atoms with Crippen molar-refractivity contribution in [3.8, 4) is 0 Å². The summed E-state index contributed by atoms with van der Waals surface area (Å²) in [7, 11) is 0. The van der Waals surface area contributed by atoms with E-state index in [1.165, 1.54) is 0 Å². The minimum absolute atomic E-state index is 0.150. The van der Waals surface area contributed by atoms with E-state index in [2.05, 4.69) is 5.73 Å². The monoisotopic (exact) mass is 251 g/mol. The first kappa shape index (κ1) is 13.3. The minimum Gasteiger partial charge on any atom is -0.401 e. The third-order valence-corrected chi connectivity index (χ3v) is 2.84. The molecule has 0 atom stereocenters. The fraction of sp³-hybridized carbons (Fsp3) is 0.556. The van der Waals surface area contributed by atoms with Gasteiger partial charge in [0.2, 0.25) is 0 Å². The second kappa shape index (κ2) is 4.27. The van der Waals surface area contributed by atoms with Gasteiger partial charge in [0, 0.05) is 11.8 Å². The summed E-state index contributed by atoms with van der Waals surface area (Å²) >= 11 is 0. The Bertz CT molecular complexity index is 372. The van der Waals surface area contributed by atoms with Crippen molar-refractivity contribution in [2.24, 2.45) is 16.9 Å². The van der Waals surface area contributed by atoms with Crippen LogP contribution >= 0.6 is 0 Å². The number of hydrogen-bond acceptors (Lipinski definition) is 3. The van der Waals surface area contributed by atoms with Crippen molar-refractivity contribution in [1.82, 2.24) is 5.32 Å². The Morgan fingerprint density at radius 2 is 1.76 bits per heavy atom. The smallest absolute Gasteiger partial charge is 0.399 e. The van der Waals surface area contributed by atoms with Gasteiger partial charge in [-0.3, -0.25) is 10.1 Å². The van der Waals surface area contributed by atoms with Crippen LogP contribution in [-0.4, -0.2) is 18.1 Å². The third kappa shape index (κ3) is 2.51. The van der Waals surface area contributed by atoms with Crippen LogP contribution in [0.5, 0.6) is 0 Å². The molecule has 0 aromatic carbocycles. The molecule has 96 valence electrons. The second-order valence-electron chi connectivity index (χ2n) is 3.89. The summed E-state index contributed by atoms with van der Waals surface area (Å²) in [6.07, 6.45) is -3.84. The van der Waals surface area contributed by atoms with Gasteiger partial charge < -0.3 is 11.5 Å². The molecule has 1 aliphatic carbocycles. The molecule has 5 N–H and O–H groups in total. The van der Waals surface area contributed by atoms with E-state index in [-0.39, 0.29) is 12.8 Å². The minimum atomic E-state index is -4.50. The van der Waals surface area contributed by atoms with Gasteiger partial charge in [-0.25, -0.2) is 4.79 Å². The second-order valence-corrected chi connectivity index (χ2v) is 3.89. The summed E-state index contributed by atoms with van der Waals surface area (Å²) in [5, 5.41) is 1.62. The zero-order valence-corrected chi connectivity index (χ0v) is 8.80. The summed E-state index contributed by atoms with van der Waals surface area (Å²) in [6, 6.07) is -1.14. The molecule has 1 aliphatic rings. The fourth-order valence-electron chi connectivity index (χ4n) is 1.70. The highest BCUT2D eigenvalue weighted by Gasteiger charge is 2.60. The number of imide groups is 1. The number of nitrogens with two attached hydrogens (primary N) is 2. The number of hydrogen-bond donors (Lipinski definition) is 3. The van der Waals surface area contributed by atoms with E-state index in [1.54, 1.807) is 5.32 Å². The molecule has 8 heteroatoms. The molecule has 0 heterocycles. The van der Waals surface area contributed by atoms with E-state index in [1.807, 2.05) is 0 Å². The molecule has 3 amide bonds. The van der Waals surface area contributed by atoms with Crippen LogP contribution in [0.15, 0.2) is 11.8 Å². The average Bonchev–Trinajstić information content (AvgIpc) is 1.94. The first-order valence-electron chi connectivity index (χ1n) is 4.84. The van der Waals surface area contributed by atoms with Crippen molar-refractivity contribution in [2.45, 2.75) is 25.4 Å². The molecule has 1 fully saturated rings. The first-order valence-corrected chi connectivity index (χ1v) is 4.84. The topological polar surface area (TPSA) is 98.2 Å². The Labute approximate surface area is 95.0 Å². The predicted molar refractivity (Wildman–Crippen MR) is 52.3 cm³/mol. The Balaban J connectivity index is 2.87. The molecule has 5 nitrogen and oxygen atoms in total. The van der Waals surface area contributed by atoms with Crippen LogP contribution in [0.3, 0.4) is 0 Å². The molecule has 1 rings (SSSR count). The van der Waals surface area contributed by atoms with E-state index in [0.29, 0.717) is 12.5 Å². The number of urea groups is 1. The maximum absolute atomic E-state index is 12.8. The summed E-state index contributed by atoms with van der Waals surface area (Å²) in [5.41, 5.74) is 7.23. The molecule has 17 heavy (non-hydrogen) atoms. The number of nitrogens with one attached hydrogen (secondary N) is 1. The Morgan fingerprint density at radius 3 is 2.06 bits per heavy atom. The average molecular weight is 251 g/mol. The number of alkyl halides is 3. The summed E-state index contributed by atoms with van der Waals surface area (Å²) in [6.45, 7) is 0. The normalized spacial score (nSPS) is 19.4. The third-order valence-electron chi connectivity index (χ3n) is 2.84. The van der Waals surface area contributed by atoms with E-state index in [0.717, 1.165) is 0 Å². The molecule has 0 spiro atoms. The van der Waals surface area contributed by atoms with Gasteiger partial charge in [0.1, 0.15) is 5.41 Å². The predicted octanol–water partition coefficient (Wildman–Crippen LogP) is 0.756. The van der Waals surface area contributed by atoms with Gasteiger partial charge >= 0.3 is 12.2 Å². The highest BCUT2D eigenvalue weighted by molar-refractivity contribution is 6.00. The maximum Gasteiger partial charge on any atom is 0.399 e. The lowest BCUT2D eigenvalue weighted by molar-refractivity contribution is -0.234. The van der Waals surface area contributed by atoms with Crippen LogP contribution in [0, 0.1) is 5.41 Å². The van der Waals surface area contributed by atoms with Crippen molar-refractivity contribution in [2.75, 3.05) is 0 Å². The van der Waals surface area contributed by atoms with Gasteiger partial charge in [-0.15, -0.1) is 0 Å². The Morgan fingerprint density at radius 1 is 1.24 bits per heavy atom. The van der Waals surface area contributed by atoms with E-state index in [4.69, 9.17) is 5.73 Å². The van der Waals surface area contributed by atoms with Crippen LogP contribution in [0.2, 0.25) is 0 Å². The number of allylic oxidation sites excluding steroid dienone is 1. The van der Waals surface area contributed by atoms with Crippen LogP contribution in [0.25, 0.3) is 0 Å². The summed E-state index contributed by atoms with van der Waals surface area (Å²) in [4.78, 5) is 21.4. The van der Waals surface area contributed by atoms with E-state index in [9.17, 15) is 22.8 Å². The van der Waals surface area contributed by atoms with Gasteiger partial charge in [-0.2, -0.15) is 13.2 Å². The van der Waals surface area contributed by atoms with Gasteiger partial charge in [-0.1, -0.05) is 6.42 Å². The highest BCUT2D eigenvalue weighted by Crippen LogP contribution is 2.56. The van der Waals surface area contributed by atoms with Gasteiger partial charge in [0.25, 0.3) is 5.91 Å². The largest absolute Gasteiger partial charge is 0.401 e. The number of primary amides is 1. The van der Waals surface area contributed by atoms with Crippen molar-refractivity contribution < 1.29 is 22.8 Å². The number of amides is 3. The molecular formula is C9H12F3N3O2. The summed E-state index contributed by atoms with van der Waals surface area (Å²) < 4.78 is 38.3. The molecular weight excluding hydrogens is 239 g/mol. The lowest BCUT2D eigenvalue weighted by atomic mass is 9.66. The van der Waals surface area contributed by atoms with Crippen molar-refractivity contribution in [1.29, 1.82) is 0 Å². The number of halogens is 3. The van der Waals surface area contributed by atoms with E-state index >= 15 is 0 Å². The van der Waals surface area contributed by atoms with Crippen LogP contribution in [-0.2, 0) is 4.79 Å². The van der Waals surface area contributed by atoms with E-state index < -0.39 is 29.2 Å². The number of rotatable bonds is 2. The van der Waals surface area contributed by atoms with Crippen LogP contribution in [0.4, 0.5) is 18.0 Å². The maximum atomic E-state index is 12.8. The molecule has 0 aromatic heterocycles. The van der Waals surface area contributed by atoms with Crippen LogP contribution in [0.1, 0.15) is 19.3 Å². The molecule has 0 radical (unpaired) electrons. The van der Waals surface area contributed by atoms with Crippen molar-refractivity contribution in [3.63, 3.8) is 0 Å². The Kier molecular flexibility index (Phi) is 3.35. The molecule has 1 saturated carbocycles. The van der Waals surface area contributed by atoms with Gasteiger partial charge in [0.05, 0.1) is 0 Å². The van der Waals surface area contributed by atoms with Crippen LogP contribution < -0.4 is 16.8 Å². The highest BCUT2D eigenvalue weighted by atomic mass is 19.4. The Hall–Kier alpha value is -1.73. The molecule has 0 unspecified atom stereocenters. The SMILES string of the molecule is NC(=O)NC(=O)C=C(N)C1(C(F)(F)F)CCC1. The zero-order valence-electron chi connectivity index (χ0n) is 8.80. The fourth-order valence-corrected chi connectivity index (χ4v) is 1.70. The number of carbonyl (C=O) groups is 2. The number of carbonyl (C=O) groups excluding carboxylic acids is 2. The van der Waals surface area contributed by atoms with Crippen molar-refractivity contribution in [3.05, 3.63) is 11.8 Å².